The molecule has 0 atom stereocenters. The Morgan fingerprint density at radius 1 is 0.682 bits per heavy atom. The lowest BCUT2D eigenvalue weighted by Gasteiger charge is -2.19. The van der Waals surface area contributed by atoms with E-state index in [4.69, 9.17) is 9.47 Å². The van der Waals surface area contributed by atoms with E-state index in [1.165, 1.54) is 0 Å². The largest absolute Gasteiger partial charge is 0.504 e. The van der Waals surface area contributed by atoms with Gasteiger partial charge in [0.05, 0.1) is 13.2 Å². The first-order valence-electron chi connectivity index (χ1n) is 8.35. The van der Waals surface area contributed by atoms with Gasteiger partial charge in [-0.1, -0.05) is 39.5 Å². The van der Waals surface area contributed by atoms with Crippen molar-refractivity contribution < 1.29 is 19.7 Å². The first-order valence-corrected chi connectivity index (χ1v) is 8.35. The van der Waals surface area contributed by atoms with E-state index in [9.17, 15) is 10.2 Å². The quantitative estimate of drug-likeness (QED) is 0.479. The van der Waals surface area contributed by atoms with Crippen molar-refractivity contribution in [3.8, 4) is 23.0 Å². The molecule has 22 heavy (non-hydrogen) atoms. The Balaban J connectivity index is 2.93. The summed E-state index contributed by atoms with van der Waals surface area (Å²) in [5.74, 6) is 0.489. The fourth-order valence-electron chi connectivity index (χ4n) is 2.27. The number of hydrogen-bond acceptors (Lipinski definition) is 4. The molecule has 0 heterocycles. The van der Waals surface area contributed by atoms with E-state index < -0.39 is 0 Å². The fraction of sp³-hybridized carbons (Fsp3) is 0.667. The second-order valence-electron chi connectivity index (χ2n) is 5.72. The highest BCUT2D eigenvalue weighted by molar-refractivity contribution is 5.65. The topological polar surface area (TPSA) is 58.9 Å². The minimum absolute atomic E-state index is 0.121. The van der Waals surface area contributed by atoms with Gasteiger partial charge in [-0.05, 0) is 26.7 Å². The molecule has 1 aromatic rings. The van der Waals surface area contributed by atoms with Gasteiger partial charge >= 0.3 is 0 Å². The van der Waals surface area contributed by atoms with Crippen molar-refractivity contribution in [1.82, 2.24) is 0 Å². The zero-order chi connectivity index (χ0) is 16.5. The molecule has 126 valence electrons. The molecular weight excluding hydrogens is 280 g/mol. The van der Waals surface area contributed by atoms with Crippen LogP contribution in [0.15, 0.2) is 0 Å². The normalized spacial score (nSPS) is 10.7. The van der Waals surface area contributed by atoms with Gasteiger partial charge in [-0.2, -0.15) is 0 Å². The standard InChI is InChI=1S/C18H30O4/c1-5-7-9-11-21-17-14(4)13(3)15(19)16(20)18(17)22-12-10-8-6-2/h19-20H,5-12H2,1-4H3. The molecule has 0 radical (unpaired) electrons. The number of rotatable bonds is 10. The molecule has 0 fully saturated rings. The van der Waals surface area contributed by atoms with Crippen LogP contribution < -0.4 is 9.47 Å². The lowest BCUT2D eigenvalue weighted by Crippen LogP contribution is -2.05. The number of aromatic hydroxyl groups is 2. The predicted octanol–water partition coefficient (Wildman–Crippen LogP) is 4.85. The molecule has 0 aromatic heterocycles. The van der Waals surface area contributed by atoms with Crippen LogP contribution in [0.5, 0.6) is 23.0 Å². The van der Waals surface area contributed by atoms with E-state index in [0.29, 0.717) is 24.5 Å². The zero-order valence-corrected chi connectivity index (χ0v) is 14.4. The Bertz CT molecular complexity index is 426. The first-order chi connectivity index (χ1) is 10.5. The molecule has 0 bridgehead atoms. The number of phenolic OH excluding ortho intramolecular Hbond substituents is 2. The molecule has 0 saturated carbocycles. The Hall–Kier alpha value is -1.58. The Kier molecular flexibility index (Phi) is 7.92. The maximum Gasteiger partial charge on any atom is 0.207 e. The first kappa shape index (κ1) is 18.5. The van der Waals surface area contributed by atoms with Crippen molar-refractivity contribution in [2.45, 2.75) is 66.2 Å². The summed E-state index contributed by atoms with van der Waals surface area (Å²) < 4.78 is 11.6. The molecule has 0 amide bonds. The average Bonchev–Trinajstić information content (AvgIpc) is 2.52. The van der Waals surface area contributed by atoms with E-state index in [2.05, 4.69) is 13.8 Å². The van der Waals surface area contributed by atoms with E-state index in [-0.39, 0.29) is 17.2 Å². The SMILES string of the molecule is CCCCCOc1c(C)c(C)c(O)c(O)c1OCCCCC. The van der Waals surface area contributed by atoms with E-state index in [0.717, 1.165) is 44.1 Å². The monoisotopic (exact) mass is 310 g/mol. The van der Waals surface area contributed by atoms with Gasteiger partial charge < -0.3 is 19.7 Å². The summed E-state index contributed by atoms with van der Waals surface area (Å²) in [6, 6.07) is 0. The van der Waals surface area contributed by atoms with Crippen molar-refractivity contribution in [1.29, 1.82) is 0 Å². The molecule has 0 saturated heterocycles. The lowest BCUT2D eigenvalue weighted by atomic mass is 10.1. The minimum atomic E-state index is -0.218. The van der Waals surface area contributed by atoms with Gasteiger partial charge in [-0.15, -0.1) is 0 Å². The molecule has 2 N–H and O–H groups in total. The van der Waals surface area contributed by atoms with Gasteiger partial charge in [0.2, 0.25) is 11.5 Å². The minimum Gasteiger partial charge on any atom is -0.504 e. The molecule has 4 nitrogen and oxygen atoms in total. The van der Waals surface area contributed by atoms with Crippen LogP contribution in [0.2, 0.25) is 0 Å². The smallest absolute Gasteiger partial charge is 0.207 e. The van der Waals surface area contributed by atoms with Crippen LogP contribution in [0.3, 0.4) is 0 Å². The molecule has 4 heteroatoms. The summed E-state index contributed by atoms with van der Waals surface area (Å²) in [5, 5.41) is 20.2. The zero-order valence-electron chi connectivity index (χ0n) is 14.4. The third-order valence-corrected chi connectivity index (χ3v) is 3.89. The maximum atomic E-state index is 10.2. The summed E-state index contributed by atoms with van der Waals surface area (Å²) >= 11 is 0. The highest BCUT2D eigenvalue weighted by atomic mass is 16.5. The van der Waals surface area contributed by atoms with Crippen molar-refractivity contribution in [2.24, 2.45) is 0 Å². The third kappa shape index (κ3) is 4.72. The summed E-state index contributed by atoms with van der Waals surface area (Å²) in [5.41, 5.74) is 1.45. The molecule has 0 unspecified atom stereocenters. The van der Waals surface area contributed by atoms with Crippen LogP contribution in [0.4, 0.5) is 0 Å². The molecule has 0 aliphatic rings. The van der Waals surface area contributed by atoms with E-state index in [1.807, 2.05) is 6.92 Å². The Morgan fingerprint density at radius 3 is 1.68 bits per heavy atom. The van der Waals surface area contributed by atoms with Crippen LogP contribution in [0.1, 0.15) is 63.5 Å². The lowest BCUT2D eigenvalue weighted by molar-refractivity contribution is 0.244. The van der Waals surface area contributed by atoms with Crippen LogP contribution >= 0.6 is 0 Å². The molecule has 1 aromatic carbocycles. The molecule has 0 spiro atoms. The van der Waals surface area contributed by atoms with Crippen LogP contribution in [0.25, 0.3) is 0 Å². The highest BCUT2D eigenvalue weighted by Gasteiger charge is 2.21. The molecule has 0 aliphatic heterocycles. The summed E-state index contributed by atoms with van der Waals surface area (Å²) in [6.45, 7) is 9.01. The second kappa shape index (κ2) is 9.44. The van der Waals surface area contributed by atoms with Crippen LogP contribution in [-0.2, 0) is 0 Å². The summed E-state index contributed by atoms with van der Waals surface area (Å²) in [7, 11) is 0. The van der Waals surface area contributed by atoms with Crippen molar-refractivity contribution >= 4 is 0 Å². The highest BCUT2D eigenvalue weighted by Crippen LogP contribution is 2.48. The Labute approximate surface area is 134 Å². The van der Waals surface area contributed by atoms with E-state index in [1.54, 1.807) is 6.92 Å². The van der Waals surface area contributed by atoms with Gasteiger partial charge in [-0.25, -0.2) is 0 Å². The number of unbranched alkanes of at least 4 members (excludes halogenated alkanes) is 4. The van der Waals surface area contributed by atoms with Gasteiger partial charge in [-0.3, -0.25) is 0 Å². The fourth-order valence-corrected chi connectivity index (χ4v) is 2.27. The second-order valence-corrected chi connectivity index (χ2v) is 5.72. The number of ether oxygens (including phenoxy) is 2. The van der Waals surface area contributed by atoms with Gasteiger partial charge in [0.15, 0.2) is 11.5 Å². The molecule has 0 aliphatic carbocycles. The van der Waals surface area contributed by atoms with Crippen LogP contribution in [-0.4, -0.2) is 23.4 Å². The summed E-state index contributed by atoms with van der Waals surface area (Å²) in [4.78, 5) is 0. The average molecular weight is 310 g/mol. The van der Waals surface area contributed by atoms with Crippen molar-refractivity contribution in [2.75, 3.05) is 13.2 Å². The van der Waals surface area contributed by atoms with Crippen molar-refractivity contribution in [3.63, 3.8) is 0 Å². The molecule has 1 rings (SSSR count). The molecular formula is C18H30O4. The van der Waals surface area contributed by atoms with Gasteiger partial charge in [0.1, 0.15) is 0 Å². The predicted molar refractivity (Wildman–Crippen MR) is 89.3 cm³/mol. The number of phenols is 2. The van der Waals surface area contributed by atoms with Crippen molar-refractivity contribution in [3.05, 3.63) is 11.1 Å². The summed E-state index contributed by atoms with van der Waals surface area (Å²) in [6.07, 6.45) is 6.29. The van der Waals surface area contributed by atoms with Crippen LogP contribution in [0, 0.1) is 13.8 Å². The maximum absolute atomic E-state index is 10.2. The van der Waals surface area contributed by atoms with Gasteiger partial charge in [0.25, 0.3) is 0 Å². The number of hydrogen-bond donors (Lipinski definition) is 2. The van der Waals surface area contributed by atoms with Gasteiger partial charge in [0, 0.05) is 11.1 Å². The van der Waals surface area contributed by atoms with E-state index >= 15 is 0 Å². The third-order valence-electron chi connectivity index (χ3n) is 3.89. The Morgan fingerprint density at radius 2 is 1.18 bits per heavy atom. The number of benzene rings is 1.